The molecule has 0 aliphatic carbocycles. The number of carbonyl (C=O) groups excluding carboxylic acids is 1. The molecule has 28 heavy (non-hydrogen) atoms. The Morgan fingerprint density at radius 3 is 2.46 bits per heavy atom. The van der Waals surface area contributed by atoms with Gasteiger partial charge in [-0.25, -0.2) is 8.42 Å². The van der Waals surface area contributed by atoms with Crippen LogP contribution in [0.5, 0.6) is 0 Å². The van der Waals surface area contributed by atoms with Crippen LogP contribution in [0.25, 0.3) is 5.65 Å². The van der Waals surface area contributed by atoms with Gasteiger partial charge in [0.1, 0.15) is 17.3 Å². The van der Waals surface area contributed by atoms with E-state index in [1.54, 1.807) is 42.6 Å². The largest absolute Gasteiger partial charge is 0.465 e. The van der Waals surface area contributed by atoms with Crippen molar-refractivity contribution in [2.24, 2.45) is 0 Å². The van der Waals surface area contributed by atoms with E-state index in [2.05, 4.69) is 10.2 Å². The molecule has 0 fully saturated rings. The number of hydrogen-bond donors (Lipinski definition) is 0. The third-order valence-electron chi connectivity index (χ3n) is 4.21. The molecule has 0 unspecified atom stereocenters. The molecule has 2 aromatic heterocycles. The van der Waals surface area contributed by atoms with Crippen molar-refractivity contribution < 1.29 is 17.9 Å². The minimum absolute atomic E-state index is 0.0287. The van der Waals surface area contributed by atoms with Crippen LogP contribution in [0.4, 0.5) is 5.69 Å². The van der Waals surface area contributed by atoms with Crippen molar-refractivity contribution in [3.63, 3.8) is 0 Å². The van der Waals surface area contributed by atoms with Gasteiger partial charge in [0.2, 0.25) is 0 Å². The summed E-state index contributed by atoms with van der Waals surface area (Å²) >= 11 is 0. The molecule has 3 aromatic rings. The number of ether oxygens (including phenoxy) is 1. The molecular weight excluding hydrogens is 380 g/mol. The minimum Gasteiger partial charge on any atom is -0.465 e. The van der Waals surface area contributed by atoms with Crippen LogP contribution in [0.15, 0.2) is 41.4 Å². The number of pyridine rings is 1. The van der Waals surface area contributed by atoms with Crippen LogP contribution >= 0.6 is 0 Å². The molecule has 0 aliphatic rings. The molecule has 0 saturated carbocycles. The first-order chi connectivity index (χ1) is 13.2. The maximum atomic E-state index is 13.6. The summed E-state index contributed by atoms with van der Waals surface area (Å²) < 4.78 is 34.8. The van der Waals surface area contributed by atoms with Crippen molar-refractivity contribution in [3.05, 3.63) is 53.5 Å². The van der Waals surface area contributed by atoms with Crippen molar-refractivity contribution in [2.45, 2.75) is 32.6 Å². The molecule has 2 heterocycles. The fourth-order valence-corrected chi connectivity index (χ4v) is 4.58. The first-order valence-electron chi connectivity index (χ1n) is 8.81. The summed E-state index contributed by atoms with van der Waals surface area (Å²) in [6, 6.07) is 8.44. The second-order valence-corrected chi connectivity index (χ2v) is 8.31. The molecule has 8 nitrogen and oxygen atoms in total. The monoisotopic (exact) mass is 402 g/mol. The lowest BCUT2D eigenvalue weighted by molar-refractivity contribution is -0.141. The number of hydrogen-bond acceptors (Lipinski definition) is 6. The van der Waals surface area contributed by atoms with E-state index in [0.29, 0.717) is 11.5 Å². The van der Waals surface area contributed by atoms with Gasteiger partial charge < -0.3 is 4.74 Å². The topological polar surface area (TPSA) is 93.9 Å². The van der Waals surface area contributed by atoms with Crippen molar-refractivity contribution in [1.29, 1.82) is 0 Å². The van der Waals surface area contributed by atoms with E-state index in [-0.39, 0.29) is 17.1 Å². The Kier molecular flexibility index (Phi) is 5.37. The van der Waals surface area contributed by atoms with Gasteiger partial charge in [0.15, 0.2) is 5.65 Å². The Morgan fingerprint density at radius 1 is 1.14 bits per heavy atom. The molecule has 9 heteroatoms. The summed E-state index contributed by atoms with van der Waals surface area (Å²) in [6.07, 6.45) is 1.69. The molecule has 0 aliphatic heterocycles. The average Bonchev–Trinajstić information content (AvgIpc) is 3.00. The number of anilines is 1. The van der Waals surface area contributed by atoms with Crippen molar-refractivity contribution in [2.75, 3.05) is 17.5 Å². The van der Waals surface area contributed by atoms with Crippen LogP contribution in [0, 0.1) is 20.8 Å². The first kappa shape index (κ1) is 19.8. The van der Waals surface area contributed by atoms with E-state index in [4.69, 9.17) is 4.74 Å². The fraction of sp³-hybridized carbons (Fsp3) is 0.316. The lowest BCUT2D eigenvalue weighted by Gasteiger charge is -2.24. The predicted molar refractivity (Wildman–Crippen MR) is 105 cm³/mol. The molecular formula is C19H22N4O4S. The highest BCUT2D eigenvalue weighted by Crippen LogP contribution is 2.27. The minimum atomic E-state index is -4.11. The maximum Gasteiger partial charge on any atom is 0.326 e. The zero-order valence-corrected chi connectivity index (χ0v) is 17.0. The Balaban J connectivity index is 2.18. The summed E-state index contributed by atoms with van der Waals surface area (Å²) in [7, 11) is -4.11. The molecule has 0 N–H and O–H groups in total. The highest BCUT2D eigenvalue weighted by molar-refractivity contribution is 7.93. The molecule has 0 bridgehead atoms. The molecule has 3 rings (SSSR count). The lowest BCUT2D eigenvalue weighted by Crippen LogP contribution is -2.37. The number of benzene rings is 1. The highest BCUT2D eigenvalue weighted by atomic mass is 32.2. The highest BCUT2D eigenvalue weighted by Gasteiger charge is 2.31. The number of nitrogens with zero attached hydrogens (tertiary/aromatic N) is 4. The second kappa shape index (κ2) is 7.59. The van der Waals surface area contributed by atoms with Crippen LogP contribution in [0.1, 0.15) is 23.9 Å². The van der Waals surface area contributed by atoms with Crippen LogP contribution in [0.2, 0.25) is 0 Å². The van der Waals surface area contributed by atoms with E-state index in [1.165, 1.54) is 6.07 Å². The smallest absolute Gasteiger partial charge is 0.326 e. The van der Waals surface area contributed by atoms with Gasteiger partial charge in [0.25, 0.3) is 10.0 Å². The third kappa shape index (κ3) is 3.70. The average molecular weight is 402 g/mol. The number of carbonyl (C=O) groups is 1. The van der Waals surface area contributed by atoms with Gasteiger partial charge in [0, 0.05) is 6.20 Å². The van der Waals surface area contributed by atoms with Gasteiger partial charge in [0.05, 0.1) is 12.3 Å². The number of fused-ring (bicyclic) bond motifs is 1. The standard InChI is InChI=1S/C19H22N4O4S/c1-5-27-18(24)12-23(16-10-13(2)9-14(3)11-16)28(25,26)17-7-6-8-22-15(4)20-21-19(17)22/h6-11H,5,12H2,1-4H3. The summed E-state index contributed by atoms with van der Waals surface area (Å²) in [5.74, 6) is -0.0646. The van der Waals surface area contributed by atoms with Gasteiger partial charge in [-0.05, 0) is 63.1 Å². The fourth-order valence-electron chi connectivity index (χ4n) is 3.06. The third-order valence-corrected chi connectivity index (χ3v) is 6.00. The predicted octanol–water partition coefficient (Wildman–Crippen LogP) is 2.41. The number of esters is 1. The number of aromatic nitrogens is 3. The van der Waals surface area contributed by atoms with E-state index >= 15 is 0 Å². The molecule has 0 spiro atoms. The quantitative estimate of drug-likeness (QED) is 0.588. The van der Waals surface area contributed by atoms with Gasteiger partial charge in [-0.3, -0.25) is 13.5 Å². The second-order valence-electron chi connectivity index (χ2n) is 6.48. The summed E-state index contributed by atoms with van der Waals surface area (Å²) in [5, 5.41) is 7.96. The number of aryl methyl sites for hydroxylation is 3. The first-order valence-corrected chi connectivity index (χ1v) is 10.2. The molecule has 148 valence electrons. The SMILES string of the molecule is CCOC(=O)CN(c1cc(C)cc(C)c1)S(=O)(=O)c1cccn2c(C)nnc12. The van der Waals surface area contributed by atoms with Gasteiger partial charge >= 0.3 is 5.97 Å². The molecule has 1 aromatic carbocycles. The Morgan fingerprint density at radius 2 is 1.82 bits per heavy atom. The van der Waals surface area contributed by atoms with Gasteiger partial charge in [-0.1, -0.05) is 6.07 Å². The number of rotatable bonds is 6. The van der Waals surface area contributed by atoms with Crippen LogP contribution in [0.3, 0.4) is 0 Å². The summed E-state index contributed by atoms with van der Waals surface area (Å²) in [5.41, 5.74) is 2.37. The molecule has 0 saturated heterocycles. The van der Waals surface area contributed by atoms with Crippen molar-refractivity contribution in [1.82, 2.24) is 14.6 Å². The van der Waals surface area contributed by atoms with Gasteiger partial charge in [-0.15, -0.1) is 10.2 Å². The Bertz CT molecular complexity index is 1120. The maximum absolute atomic E-state index is 13.6. The van der Waals surface area contributed by atoms with Crippen LogP contribution < -0.4 is 4.31 Å². The zero-order valence-electron chi connectivity index (χ0n) is 16.2. The van der Waals surface area contributed by atoms with Crippen LogP contribution in [-0.2, 0) is 19.6 Å². The normalized spacial score (nSPS) is 11.6. The zero-order chi connectivity index (χ0) is 20.5. The number of sulfonamides is 1. The Hall–Kier alpha value is -2.94. The van der Waals surface area contributed by atoms with Crippen molar-refractivity contribution >= 4 is 27.3 Å². The van der Waals surface area contributed by atoms with Crippen LogP contribution in [-0.4, -0.2) is 42.1 Å². The summed E-state index contributed by atoms with van der Waals surface area (Å²) in [4.78, 5) is 12.2. The van der Waals surface area contributed by atoms with E-state index in [1.807, 2.05) is 19.9 Å². The molecule has 0 radical (unpaired) electrons. The molecule has 0 amide bonds. The van der Waals surface area contributed by atoms with Crippen molar-refractivity contribution in [3.8, 4) is 0 Å². The summed E-state index contributed by atoms with van der Waals surface area (Å²) in [6.45, 7) is 6.87. The van der Waals surface area contributed by atoms with E-state index in [0.717, 1.165) is 15.4 Å². The molecule has 0 atom stereocenters. The lowest BCUT2D eigenvalue weighted by atomic mass is 10.1. The Labute approximate surface area is 163 Å². The van der Waals surface area contributed by atoms with E-state index < -0.39 is 22.5 Å². The van der Waals surface area contributed by atoms with Gasteiger partial charge in [-0.2, -0.15) is 0 Å². The van der Waals surface area contributed by atoms with E-state index in [9.17, 15) is 13.2 Å².